The molecule has 304 valence electrons. The zero-order chi connectivity index (χ0) is 43.5. The summed E-state index contributed by atoms with van der Waals surface area (Å²) < 4.78 is 91.9. The zero-order valence-electron chi connectivity index (χ0n) is 31.0. The summed E-state index contributed by atoms with van der Waals surface area (Å²) in [6.07, 6.45) is 0. The summed E-state index contributed by atoms with van der Waals surface area (Å²) in [7, 11) is 0. The van der Waals surface area contributed by atoms with E-state index in [1.54, 1.807) is 20.8 Å². The monoisotopic (exact) mass is 850 g/mol. The summed E-state index contributed by atoms with van der Waals surface area (Å²) in [5.41, 5.74) is -1.91. The number of hydrogen-bond acceptors (Lipinski definition) is 7. The molecule has 0 aliphatic carbocycles. The van der Waals surface area contributed by atoms with E-state index in [0.717, 1.165) is 52.5 Å². The summed E-state index contributed by atoms with van der Waals surface area (Å²) in [5.74, 6) is -15.1. The number of carbonyl (C=O) groups is 4. The molecule has 58 heavy (non-hydrogen) atoms. The number of aromatic hydroxyl groups is 2. The van der Waals surface area contributed by atoms with Crippen LogP contribution in [-0.2, 0) is 9.59 Å². The standard InChI is InChI=1S/C22H19ClF3NO4.C18H11ClF3NO4/c1-9-15(17(21(30)31)22(2,3)4)16-14(8-13(25)19(28)18(16)26)27(9)20(29)10-5-6-11(23)12(24)7-10;1-7-17(27-8(2)24)14-13(6-12(21)16(25)15(14)22)23(7)18(26)9-3-4-10(19)11(20)5-9/h5-8,17,28H,1-4H3,(H,30,31);3-6,25H,1-2H3. The number of phenols is 2. The van der Waals surface area contributed by atoms with E-state index >= 15 is 4.39 Å². The molecule has 0 spiro atoms. The van der Waals surface area contributed by atoms with Crippen molar-refractivity contribution in [3.05, 3.63) is 122 Å². The number of aliphatic carboxylic acids is 1. The van der Waals surface area contributed by atoms with Crippen LogP contribution in [0.15, 0.2) is 48.5 Å². The Balaban J connectivity index is 0.000000223. The molecule has 2 heterocycles. The highest BCUT2D eigenvalue weighted by Gasteiger charge is 2.39. The van der Waals surface area contributed by atoms with Gasteiger partial charge in [-0.2, -0.15) is 0 Å². The van der Waals surface area contributed by atoms with Crippen molar-refractivity contribution >= 4 is 68.8 Å². The van der Waals surface area contributed by atoms with Crippen LogP contribution >= 0.6 is 23.2 Å². The molecule has 0 aliphatic heterocycles. The fraction of sp³-hybridized carbons (Fsp3) is 0.200. The number of phenolic OH excluding ortho intramolecular Hbond substituents is 2. The Morgan fingerprint density at radius 2 is 1.09 bits per heavy atom. The molecule has 0 fully saturated rings. The summed E-state index contributed by atoms with van der Waals surface area (Å²) in [5, 5.41) is 28.0. The van der Waals surface area contributed by atoms with Crippen LogP contribution in [0.4, 0.5) is 26.3 Å². The molecule has 18 heteroatoms. The Bertz CT molecular complexity index is 2740. The van der Waals surface area contributed by atoms with Gasteiger partial charge in [0.1, 0.15) is 11.6 Å². The molecule has 6 aromatic rings. The quantitative estimate of drug-likeness (QED) is 0.115. The van der Waals surface area contributed by atoms with E-state index in [4.69, 9.17) is 27.9 Å². The molecule has 3 N–H and O–H groups in total. The number of fused-ring (bicyclic) bond motifs is 2. The lowest BCUT2D eigenvalue weighted by atomic mass is 9.75. The average molecular weight is 852 g/mol. The van der Waals surface area contributed by atoms with Gasteiger partial charge in [-0.15, -0.1) is 0 Å². The van der Waals surface area contributed by atoms with Crippen LogP contribution in [0.1, 0.15) is 71.3 Å². The smallest absolute Gasteiger partial charge is 0.311 e. The van der Waals surface area contributed by atoms with Gasteiger partial charge in [0.25, 0.3) is 11.8 Å². The second-order valence-corrected chi connectivity index (χ2v) is 14.8. The van der Waals surface area contributed by atoms with E-state index in [1.165, 1.54) is 26.0 Å². The van der Waals surface area contributed by atoms with Gasteiger partial charge in [-0.1, -0.05) is 44.0 Å². The number of carboxylic acids is 1. The Morgan fingerprint density at radius 1 is 0.672 bits per heavy atom. The summed E-state index contributed by atoms with van der Waals surface area (Å²) in [6, 6.07) is 8.00. The maximum Gasteiger partial charge on any atom is 0.311 e. The molecule has 1 unspecified atom stereocenters. The maximum absolute atomic E-state index is 15.0. The van der Waals surface area contributed by atoms with Gasteiger partial charge in [-0.3, -0.25) is 28.3 Å². The number of hydrogen-bond donors (Lipinski definition) is 3. The lowest BCUT2D eigenvalue weighted by Gasteiger charge is -2.28. The highest BCUT2D eigenvalue weighted by Crippen LogP contribution is 2.45. The van der Waals surface area contributed by atoms with Crippen LogP contribution < -0.4 is 4.74 Å². The van der Waals surface area contributed by atoms with Crippen molar-refractivity contribution in [2.24, 2.45) is 5.41 Å². The fourth-order valence-corrected chi connectivity index (χ4v) is 6.79. The third-order valence-corrected chi connectivity index (χ3v) is 9.71. The van der Waals surface area contributed by atoms with Gasteiger partial charge in [0.15, 0.2) is 40.5 Å². The maximum atomic E-state index is 15.0. The van der Waals surface area contributed by atoms with Crippen molar-refractivity contribution in [3.8, 4) is 17.2 Å². The lowest BCUT2D eigenvalue weighted by molar-refractivity contribution is -0.141. The zero-order valence-corrected chi connectivity index (χ0v) is 32.5. The summed E-state index contributed by atoms with van der Waals surface area (Å²) in [6.45, 7) is 8.62. The molecule has 1 atom stereocenters. The number of carbonyl (C=O) groups excluding carboxylic acids is 3. The number of ether oxygens (including phenoxy) is 1. The van der Waals surface area contributed by atoms with E-state index in [2.05, 4.69) is 0 Å². The third-order valence-electron chi connectivity index (χ3n) is 9.10. The minimum absolute atomic E-state index is 0.0292. The second kappa shape index (κ2) is 15.7. The Morgan fingerprint density at radius 3 is 1.48 bits per heavy atom. The normalized spacial score (nSPS) is 12.0. The molecule has 0 bridgehead atoms. The number of halogens is 8. The summed E-state index contributed by atoms with van der Waals surface area (Å²) >= 11 is 11.3. The SMILES string of the molecule is CC(=O)Oc1c(C)n(C(=O)c2ccc(Cl)c(F)c2)c2cc(F)c(O)c(F)c12.Cc1c(C(C(=O)O)C(C)(C)C)c2c(F)c(O)c(F)cc2n1C(=O)c1ccc(Cl)c(F)c1. The molecular weight excluding hydrogens is 821 g/mol. The van der Waals surface area contributed by atoms with E-state index in [9.17, 15) is 56.4 Å². The van der Waals surface area contributed by atoms with Crippen molar-refractivity contribution in [1.29, 1.82) is 0 Å². The number of esters is 1. The van der Waals surface area contributed by atoms with Crippen LogP contribution in [0.5, 0.6) is 17.2 Å². The number of rotatable bonds is 5. The van der Waals surface area contributed by atoms with Crippen LogP contribution in [0, 0.1) is 54.2 Å². The van der Waals surface area contributed by atoms with Crippen molar-refractivity contribution in [1.82, 2.24) is 9.13 Å². The molecule has 0 amide bonds. The molecule has 2 aromatic heterocycles. The first kappa shape index (κ1) is 43.1. The van der Waals surface area contributed by atoms with Gasteiger partial charge in [0.2, 0.25) is 0 Å². The first-order valence-electron chi connectivity index (χ1n) is 16.7. The minimum Gasteiger partial charge on any atom is -0.503 e. The Kier molecular flexibility index (Phi) is 11.7. The van der Waals surface area contributed by atoms with Gasteiger partial charge in [0, 0.05) is 41.3 Å². The minimum atomic E-state index is -1.39. The molecular formula is C40H30Cl2F6N2O8. The largest absolute Gasteiger partial charge is 0.503 e. The van der Waals surface area contributed by atoms with Gasteiger partial charge in [0.05, 0.1) is 38.1 Å². The molecule has 0 aliphatic rings. The predicted molar refractivity (Wildman–Crippen MR) is 200 cm³/mol. The predicted octanol–water partition coefficient (Wildman–Crippen LogP) is 9.97. The van der Waals surface area contributed by atoms with Crippen LogP contribution in [0.3, 0.4) is 0 Å². The molecule has 4 aromatic carbocycles. The van der Waals surface area contributed by atoms with Crippen molar-refractivity contribution in [2.75, 3.05) is 0 Å². The molecule has 0 radical (unpaired) electrons. The van der Waals surface area contributed by atoms with Gasteiger partial charge in [-0.25, -0.2) is 26.3 Å². The highest BCUT2D eigenvalue weighted by atomic mass is 35.5. The second-order valence-electron chi connectivity index (χ2n) is 14.0. The van der Waals surface area contributed by atoms with Crippen molar-refractivity contribution in [2.45, 2.75) is 47.5 Å². The fourth-order valence-electron chi connectivity index (χ4n) is 6.55. The molecule has 0 saturated carbocycles. The number of carboxylic acid groups (broad SMARTS) is 1. The van der Waals surface area contributed by atoms with Crippen LogP contribution in [0.25, 0.3) is 21.8 Å². The topological polar surface area (TPSA) is 148 Å². The molecule has 10 nitrogen and oxygen atoms in total. The van der Waals surface area contributed by atoms with E-state index < -0.39 is 86.9 Å². The van der Waals surface area contributed by atoms with E-state index in [-0.39, 0.29) is 60.3 Å². The van der Waals surface area contributed by atoms with Crippen molar-refractivity contribution < 1.29 is 65.6 Å². The van der Waals surface area contributed by atoms with Crippen molar-refractivity contribution in [3.63, 3.8) is 0 Å². The van der Waals surface area contributed by atoms with Gasteiger partial charge < -0.3 is 20.1 Å². The Labute approximate surface area is 334 Å². The summed E-state index contributed by atoms with van der Waals surface area (Å²) in [4.78, 5) is 49.5. The number of aromatic nitrogens is 2. The van der Waals surface area contributed by atoms with Crippen LogP contribution in [-0.4, -0.2) is 48.2 Å². The van der Waals surface area contributed by atoms with E-state index in [0.29, 0.717) is 0 Å². The van der Waals surface area contributed by atoms with Gasteiger partial charge in [-0.05, 0) is 61.2 Å². The average Bonchev–Trinajstić information content (AvgIpc) is 3.55. The van der Waals surface area contributed by atoms with Crippen LogP contribution in [0.2, 0.25) is 10.0 Å². The highest BCUT2D eigenvalue weighted by molar-refractivity contribution is 6.31. The third kappa shape index (κ3) is 7.56. The lowest BCUT2D eigenvalue weighted by Crippen LogP contribution is -2.27. The molecule has 0 saturated heterocycles. The van der Waals surface area contributed by atoms with E-state index in [1.807, 2.05) is 0 Å². The molecule has 6 rings (SSSR count). The Hall–Kier alpha value is -6.00. The first-order chi connectivity index (χ1) is 26.9. The first-order valence-corrected chi connectivity index (χ1v) is 17.5. The number of benzene rings is 4. The van der Waals surface area contributed by atoms with Gasteiger partial charge >= 0.3 is 11.9 Å². The number of nitrogens with zero attached hydrogens (tertiary/aromatic N) is 2.